The lowest BCUT2D eigenvalue weighted by Gasteiger charge is -2.14. The average Bonchev–Trinajstić information content (AvgIpc) is 3.83. The summed E-state index contributed by atoms with van der Waals surface area (Å²) < 4.78 is 2.37. The fourth-order valence-corrected chi connectivity index (χ4v) is 8.60. The van der Waals surface area contributed by atoms with Crippen molar-refractivity contribution >= 4 is 21.8 Å². The zero-order valence-electron chi connectivity index (χ0n) is 30.6. The minimum Gasteiger partial charge on any atom is -0.309 e. The van der Waals surface area contributed by atoms with Gasteiger partial charge in [-0.15, -0.1) is 0 Å². The predicted molar refractivity (Wildman–Crippen MR) is 232 cm³/mol. The Bertz CT molecular complexity index is 3070. The number of aromatic nitrogens is 3. The number of nitrogens with zero attached hydrogens (tertiary/aromatic N) is 3. The van der Waals surface area contributed by atoms with Gasteiger partial charge in [-0.05, 0) is 75.3 Å². The first-order valence-corrected chi connectivity index (χ1v) is 19.2. The van der Waals surface area contributed by atoms with Gasteiger partial charge in [-0.1, -0.05) is 164 Å². The third kappa shape index (κ3) is 5.36. The third-order valence-corrected chi connectivity index (χ3v) is 11.3. The second kappa shape index (κ2) is 13.2. The molecule has 2 heterocycles. The van der Waals surface area contributed by atoms with Gasteiger partial charge in [0.15, 0.2) is 5.82 Å². The van der Waals surface area contributed by atoms with Crippen LogP contribution >= 0.6 is 0 Å². The first-order chi connectivity index (χ1) is 27.8. The number of para-hydroxylation sites is 2. The summed E-state index contributed by atoms with van der Waals surface area (Å²) in [6.07, 6.45) is 0.783. The van der Waals surface area contributed by atoms with Crippen LogP contribution in [0.2, 0.25) is 0 Å². The number of hydrogen-bond donors (Lipinski definition) is 0. The number of fused-ring (bicyclic) bond motifs is 6. The molecule has 0 aliphatic heterocycles. The van der Waals surface area contributed by atoms with Crippen LogP contribution in [0.4, 0.5) is 0 Å². The van der Waals surface area contributed by atoms with Gasteiger partial charge in [0.25, 0.3) is 0 Å². The average molecular weight is 714 g/mol. The largest absolute Gasteiger partial charge is 0.309 e. The van der Waals surface area contributed by atoms with E-state index in [-0.39, 0.29) is 0 Å². The van der Waals surface area contributed by atoms with Crippen LogP contribution in [0, 0.1) is 0 Å². The van der Waals surface area contributed by atoms with E-state index in [9.17, 15) is 0 Å². The maximum atomic E-state index is 5.36. The molecule has 3 heteroatoms. The van der Waals surface area contributed by atoms with E-state index >= 15 is 0 Å². The van der Waals surface area contributed by atoms with Gasteiger partial charge in [-0.2, -0.15) is 0 Å². The van der Waals surface area contributed by atoms with Crippen molar-refractivity contribution in [3.63, 3.8) is 0 Å². The first kappa shape index (κ1) is 32.1. The van der Waals surface area contributed by atoms with Crippen molar-refractivity contribution in [3.05, 3.63) is 211 Å². The molecule has 0 N–H and O–H groups in total. The quantitative estimate of drug-likeness (QED) is 0.172. The lowest BCUT2D eigenvalue weighted by Crippen LogP contribution is -1.99. The molecule has 8 aromatic carbocycles. The fourth-order valence-electron chi connectivity index (χ4n) is 8.60. The highest BCUT2D eigenvalue weighted by molar-refractivity contribution is 6.10. The zero-order chi connectivity index (χ0) is 37.0. The van der Waals surface area contributed by atoms with E-state index in [1.807, 2.05) is 6.07 Å². The topological polar surface area (TPSA) is 30.7 Å². The molecule has 0 amide bonds. The van der Waals surface area contributed by atoms with Crippen molar-refractivity contribution in [3.8, 4) is 73.0 Å². The third-order valence-electron chi connectivity index (χ3n) is 11.3. The van der Waals surface area contributed by atoms with Crippen LogP contribution in [0.5, 0.6) is 0 Å². The van der Waals surface area contributed by atoms with E-state index in [1.54, 1.807) is 0 Å². The van der Waals surface area contributed by atoms with Crippen molar-refractivity contribution in [1.29, 1.82) is 0 Å². The highest BCUT2D eigenvalue weighted by Gasteiger charge is 2.28. The summed E-state index contributed by atoms with van der Waals surface area (Å²) in [5, 5.41) is 2.50. The maximum absolute atomic E-state index is 5.36. The van der Waals surface area contributed by atoms with E-state index in [0.717, 1.165) is 34.8 Å². The van der Waals surface area contributed by atoms with Crippen molar-refractivity contribution in [2.24, 2.45) is 0 Å². The molecule has 0 saturated carbocycles. The smallest absolute Gasteiger partial charge is 0.160 e. The molecular formula is C53H35N3. The Morgan fingerprint density at radius 3 is 1.75 bits per heavy atom. The van der Waals surface area contributed by atoms with E-state index in [4.69, 9.17) is 9.97 Å². The summed E-state index contributed by atoms with van der Waals surface area (Å²) in [7, 11) is 0. The standard InChI is InChI=1S/C53H35N3/c1-4-14-35(15-5-1)36-26-28-37(29-27-36)51-47-34-42-20-13-24-44(50(42)52(47)55-53(54-51)38-16-6-2-7-17-38)41-19-12-18-39(32-41)40-30-31-49-46(33-40)45-23-10-11-25-48(45)56(49)43-21-8-3-9-22-43/h1-33H,34H2. The molecule has 1 aliphatic carbocycles. The molecule has 3 nitrogen and oxygen atoms in total. The molecule has 2 aromatic heterocycles. The van der Waals surface area contributed by atoms with Crippen LogP contribution in [-0.4, -0.2) is 14.5 Å². The summed E-state index contributed by atoms with van der Waals surface area (Å²) in [6.45, 7) is 0. The maximum Gasteiger partial charge on any atom is 0.160 e. The summed E-state index contributed by atoms with van der Waals surface area (Å²) in [5.41, 5.74) is 18.5. The van der Waals surface area contributed by atoms with Crippen molar-refractivity contribution in [1.82, 2.24) is 14.5 Å². The molecule has 0 atom stereocenters. The van der Waals surface area contributed by atoms with E-state index in [2.05, 4.69) is 199 Å². The van der Waals surface area contributed by atoms with Crippen LogP contribution in [-0.2, 0) is 6.42 Å². The Balaban J connectivity index is 1.04. The summed E-state index contributed by atoms with van der Waals surface area (Å²) in [5.74, 6) is 0.742. The Morgan fingerprint density at radius 2 is 0.946 bits per heavy atom. The van der Waals surface area contributed by atoms with E-state index in [0.29, 0.717) is 0 Å². The second-order valence-electron chi connectivity index (χ2n) is 14.5. The molecule has 0 spiro atoms. The lowest BCUT2D eigenvalue weighted by atomic mass is 9.93. The molecule has 1 aliphatic rings. The minimum absolute atomic E-state index is 0.742. The van der Waals surface area contributed by atoms with Gasteiger partial charge in [0.1, 0.15) is 0 Å². The number of benzene rings is 8. The molecule has 0 bridgehead atoms. The van der Waals surface area contributed by atoms with Crippen LogP contribution in [0.3, 0.4) is 0 Å². The summed E-state index contributed by atoms with van der Waals surface area (Å²) in [6, 6.07) is 71.7. The molecule has 10 aromatic rings. The van der Waals surface area contributed by atoms with Gasteiger partial charge in [0.2, 0.25) is 0 Å². The van der Waals surface area contributed by atoms with Gasteiger partial charge < -0.3 is 4.57 Å². The Labute approximate surface area is 325 Å². The van der Waals surface area contributed by atoms with Crippen LogP contribution in [0.25, 0.3) is 94.8 Å². The first-order valence-electron chi connectivity index (χ1n) is 19.2. The van der Waals surface area contributed by atoms with E-state index in [1.165, 1.54) is 77.6 Å². The Morgan fingerprint density at radius 1 is 0.375 bits per heavy atom. The van der Waals surface area contributed by atoms with E-state index < -0.39 is 0 Å². The SMILES string of the molecule is c1ccc(-c2ccc(-c3nc(-c4ccccc4)nc4c3Cc3cccc(-c5cccc(-c6ccc7c(c6)c6ccccc6n7-c6ccccc6)c5)c3-4)cc2)cc1. The summed E-state index contributed by atoms with van der Waals surface area (Å²) >= 11 is 0. The molecule has 0 unspecified atom stereocenters. The van der Waals surface area contributed by atoms with Gasteiger partial charge in [-0.3, -0.25) is 0 Å². The molecule has 56 heavy (non-hydrogen) atoms. The van der Waals surface area contributed by atoms with Gasteiger partial charge in [0, 0.05) is 45.1 Å². The highest BCUT2D eigenvalue weighted by Crippen LogP contribution is 2.46. The zero-order valence-corrected chi connectivity index (χ0v) is 30.6. The monoisotopic (exact) mass is 713 g/mol. The molecular weight excluding hydrogens is 679 g/mol. The Hall–Kier alpha value is -7.36. The van der Waals surface area contributed by atoms with Gasteiger partial charge in [-0.25, -0.2) is 9.97 Å². The molecule has 262 valence electrons. The van der Waals surface area contributed by atoms with Crippen molar-refractivity contribution < 1.29 is 0 Å². The second-order valence-corrected chi connectivity index (χ2v) is 14.5. The lowest BCUT2D eigenvalue weighted by molar-refractivity contribution is 1.13. The molecule has 0 saturated heterocycles. The summed E-state index contributed by atoms with van der Waals surface area (Å²) in [4.78, 5) is 10.6. The predicted octanol–water partition coefficient (Wildman–Crippen LogP) is 13.5. The number of rotatable bonds is 6. The van der Waals surface area contributed by atoms with Gasteiger partial charge >= 0.3 is 0 Å². The van der Waals surface area contributed by atoms with Crippen LogP contribution in [0.15, 0.2) is 200 Å². The van der Waals surface area contributed by atoms with Crippen molar-refractivity contribution in [2.45, 2.75) is 6.42 Å². The molecule has 0 radical (unpaired) electrons. The van der Waals surface area contributed by atoms with Gasteiger partial charge in [0.05, 0.1) is 22.4 Å². The Kier molecular flexibility index (Phi) is 7.56. The highest BCUT2D eigenvalue weighted by atomic mass is 15.0. The van der Waals surface area contributed by atoms with Crippen LogP contribution < -0.4 is 0 Å². The number of hydrogen-bond acceptors (Lipinski definition) is 2. The minimum atomic E-state index is 0.742. The molecule has 11 rings (SSSR count). The van der Waals surface area contributed by atoms with Crippen molar-refractivity contribution in [2.75, 3.05) is 0 Å². The van der Waals surface area contributed by atoms with Crippen LogP contribution in [0.1, 0.15) is 11.1 Å². The normalized spacial score (nSPS) is 11.9. The fraction of sp³-hybridized carbons (Fsp3) is 0.0189. The molecule has 0 fully saturated rings.